The summed E-state index contributed by atoms with van der Waals surface area (Å²) in [5.74, 6) is 0.609. The predicted molar refractivity (Wildman–Crippen MR) is 124 cm³/mol. The highest BCUT2D eigenvalue weighted by Gasteiger charge is 2.23. The number of halogens is 1. The lowest BCUT2D eigenvalue weighted by Gasteiger charge is -2.13. The molecular formula is C21H19ClN4O5S. The van der Waals surface area contributed by atoms with Gasteiger partial charge in [-0.3, -0.25) is 20.3 Å². The molecule has 32 heavy (non-hydrogen) atoms. The second-order valence-electron chi connectivity index (χ2n) is 6.36. The molecule has 0 spiro atoms. The van der Waals surface area contributed by atoms with Gasteiger partial charge in [0.2, 0.25) is 0 Å². The van der Waals surface area contributed by atoms with Crippen molar-refractivity contribution in [3.05, 3.63) is 87.4 Å². The summed E-state index contributed by atoms with van der Waals surface area (Å²) in [5, 5.41) is 15.5. The fraction of sp³-hybridized carbons (Fsp3) is 0.0952. The maximum atomic E-state index is 13.0. The van der Waals surface area contributed by atoms with Gasteiger partial charge in [0.05, 0.1) is 34.1 Å². The van der Waals surface area contributed by atoms with Crippen LogP contribution in [0.5, 0.6) is 5.75 Å². The highest BCUT2D eigenvalue weighted by Crippen LogP contribution is 2.30. The smallest absolute Gasteiger partial charge is 0.270 e. The summed E-state index contributed by atoms with van der Waals surface area (Å²) in [5.41, 5.74) is 3.11. The van der Waals surface area contributed by atoms with Gasteiger partial charge in [-0.15, -0.1) is 0 Å². The molecule has 166 valence electrons. The Hall–Kier alpha value is -3.63. The molecule has 3 aromatic rings. The van der Waals surface area contributed by atoms with Crippen LogP contribution in [0, 0.1) is 10.1 Å². The van der Waals surface area contributed by atoms with E-state index in [-0.39, 0.29) is 27.0 Å². The number of hydrogen-bond donors (Lipinski definition) is 2. The molecule has 0 bridgehead atoms. The number of anilines is 2. The number of nitro benzene ring substituents is 1. The van der Waals surface area contributed by atoms with Crippen molar-refractivity contribution in [3.63, 3.8) is 0 Å². The Morgan fingerprint density at radius 1 is 1.09 bits per heavy atom. The van der Waals surface area contributed by atoms with E-state index < -0.39 is 14.9 Å². The van der Waals surface area contributed by atoms with E-state index in [0.717, 1.165) is 6.07 Å². The minimum atomic E-state index is -4.23. The van der Waals surface area contributed by atoms with Crippen molar-refractivity contribution in [2.75, 3.05) is 16.8 Å². The quantitative estimate of drug-likeness (QED) is 0.258. The number of sulfonamides is 1. The van der Waals surface area contributed by atoms with Crippen molar-refractivity contribution in [2.45, 2.75) is 11.8 Å². The number of nitrogens with one attached hydrogen (secondary N) is 2. The molecule has 0 amide bonds. The van der Waals surface area contributed by atoms with Gasteiger partial charge < -0.3 is 4.74 Å². The number of para-hydroxylation sites is 2. The molecule has 0 fully saturated rings. The highest BCUT2D eigenvalue weighted by molar-refractivity contribution is 7.93. The molecule has 0 aliphatic rings. The molecule has 2 N–H and O–H groups in total. The second-order valence-corrected chi connectivity index (χ2v) is 8.42. The maximum absolute atomic E-state index is 13.0. The van der Waals surface area contributed by atoms with Crippen LogP contribution in [0.1, 0.15) is 12.5 Å². The number of non-ortho nitro benzene ring substituents is 1. The highest BCUT2D eigenvalue weighted by atomic mass is 35.5. The van der Waals surface area contributed by atoms with Crippen molar-refractivity contribution in [1.82, 2.24) is 0 Å². The Bertz CT molecular complexity index is 1260. The van der Waals surface area contributed by atoms with Crippen LogP contribution in [0.3, 0.4) is 0 Å². The summed E-state index contributed by atoms with van der Waals surface area (Å²) in [7, 11) is -4.23. The third-order valence-corrected chi connectivity index (χ3v) is 5.93. The number of rotatable bonds is 9. The first-order valence-corrected chi connectivity index (χ1v) is 11.2. The zero-order valence-corrected chi connectivity index (χ0v) is 18.4. The topological polar surface area (TPSA) is 123 Å². The van der Waals surface area contributed by atoms with Gasteiger partial charge in [0, 0.05) is 17.7 Å². The lowest BCUT2D eigenvalue weighted by Crippen LogP contribution is -2.15. The van der Waals surface area contributed by atoms with E-state index in [4.69, 9.17) is 16.3 Å². The van der Waals surface area contributed by atoms with Gasteiger partial charge in [-0.1, -0.05) is 35.9 Å². The predicted octanol–water partition coefficient (Wildman–Crippen LogP) is 4.89. The zero-order chi connectivity index (χ0) is 23.1. The maximum Gasteiger partial charge on any atom is 0.270 e. The Morgan fingerprint density at radius 3 is 2.53 bits per heavy atom. The van der Waals surface area contributed by atoms with Crippen LogP contribution in [-0.4, -0.2) is 26.2 Å². The summed E-state index contributed by atoms with van der Waals surface area (Å²) in [6.45, 7) is 2.32. The van der Waals surface area contributed by atoms with Gasteiger partial charge in [-0.25, -0.2) is 8.42 Å². The first kappa shape index (κ1) is 23.0. The van der Waals surface area contributed by atoms with Crippen LogP contribution in [0.2, 0.25) is 5.02 Å². The number of nitrogens with zero attached hydrogens (tertiary/aromatic N) is 2. The average Bonchev–Trinajstić information content (AvgIpc) is 2.76. The monoisotopic (exact) mass is 474 g/mol. The largest absolute Gasteiger partial charge is 0.493 e. The molecule has 3 rings (SSSR count). The van der Waals surface area contributed by atoms with E-state index in [2.05, 4.69) is 15.2 Å². The van der Waals surface area contributed by atoms with Crippen molar-refractivity contribution in [3.8, 4) is 5.75 Å². The molecule has 0 saturated heterocycles. The van der Waals surface area contributed by atoms with Gasteiger partial charge in [0.1, 0.15) is 10.6 Å². The molecule has 0 heterocycles. The van der Waals surface area contributed by atoms with E-state index in [1.165, 1.54) is 30.5 Å². The fourth-order valence-electron chi connectivity index (χ4n) is 2.73. The zero-order valence-electron chi connectivity index (χ0n) is 16.9. The van der Waals surface area contributed by atoms with Crippen molar-refractivity contribution >= 4 is 44.9 Å². The molecular weight excluding hydrogens is 456 g/mol. The Balaban J connectivity index is 1.95. The van der Waals surface area contributed by atoms with Crippen LogP contribution in [0.25, 0.3) is 0 Å². The first-order valence-electron chi connectivity index (χ1n) is 9.38. The molecule has 0 aromatic heterocycles. The van der Waals surface area contributed by atoms with Gasteiger partial charge in [-0.05, 0) is 37.3 Å². The van der Waals surface area contributed by atoms with Gasteiger partial charge in [0.15, 0.2) is 0 Å². The van der Waals surface area contributed by atoms with Gasteiger partial charge in [-0.2, -0.15) is 5.10 Å². The van der Waals surface area contributed by atoms with Gasteiger partial charge >= 0.3 is 0 Å². The van der Waals surface area contributed by atoms with Crippen molar-refractivity contribution in [2.24, 2.45) is 5.10 Å². The van der Waals surface area contributed by atoms with Crippen LogP contribution in [-0.2, 0) is 10.0 Å². The molecule has 0 aliphatic carbocycles. The number of hydrazone groups is 1. The normalized spacial score (nSPS) is 11.3. The summed E-state index contributed by atoms with van der Waals surface area (Å²) in [6.07, 6.45) is 1.46. The Labute approximate surface area is 189 Å². The minimum Gasteiger partial charge on any atom is -0.493 e. The average molecular weight is 475 g/mol. The first-order chi connectivity index (χ1) is 15.3. The molecule has 0 aliphatic heterocycles. The fourth-order valence-corrected chi connectivity index (χ4v) is 4.22. The lowest BCUT2D eigenvalue weighted by molar-refractivity contribution is -0.385. The summed E-state index contributed by atoms with van der Waals surface area (Å²) in [4.78, 5) is 10.2. The van der Waals surface area contributed by atoms with E-state index >= 15 is 0 Å². The molecule has 0 saturated carbocycles. The summed E-state index contributed by atoms with van der Waals surface area (Å²) in [6, 6.07) is 16.8. The molecule has 0 unspecified atom stereocenters. The number of benzene rings is 3. The van der Waals surface area contributed by atoms with E-state index in [1.807, 2.05) is 13.0 Å². The van der Waals surface area contributed by atoms with Crippen molar-refractivity contribution in [1.29, 1.82) is 0 Å². The third kappa shape index (κ3) is 5.54. The second kappa shape index (κ2) is 10.1. The number of nitro groups is 1. The van der Waals surface area contributed by atoms with Crippen LogP contribution in [0.15, 0.2) is 76.7 Å². The Morgan fingerprint density at radius 2 is 1.81 bits per heavy atom. The summed E-state index contributed by atoms with van der Waals surface area (Å²) < 4.78 is 33.9. The van der Waals surface area contributed by atoms with Crippen LogP contribution in [0.4, 0.5) is 17.1 Å². The molecule has 9 nitrogen and oxygen atoms in total. The number of ether oxygens (including phenoxy) is 1. The lowest BCUT2D eigenvalue weighted by atomic mass is 10.2. The Kier molecular flexibility index (Phi) is 7.29. The van der Waals surface area contributed by atoms with Crippen LogP contribution < -0.4 is 14.9 Å². The standard InChI is InChI=1S/C21H19ClN4O5S/c1-2-31-20-10-6-3-7-15(20)14-23-24-19-12-11-16(26(27)28)13-21(19)32(29,30)25-18-9-5-4-8-17(18)22/h3-14,24-25H,2H2,1H3. The molecule has 0 atom stereocenters. The van der Waals surface area contributed by atoms with E-state index in [1.54, 1.807) is 30.3 Å². The van der Waals surface area contributed by atoms with Crippen LogP contribution >= 0.6 is 11.6 Å². The SMILES string of the molecule is CCOc1ccccc1C=NNc1ccc([N+](=O)[O-])cc1S(=O)(=O)Nc1ccccc1Cl. The van der Waals surface area contributed by atoms with E-state index in [9.17, 15) is 18.5 Å². The molecule has 0 radical (unpaired) electrons. The third-order valence-electron chi connectivity index (χ3n) is 4.19. The molecule has 11 heteroatoms. The minimum absolute atomic E-state index is 0.0419. The molecule has 3 aromatic carbocycles. The number of hydrogen-bond acceptors (Lipinski definition) is 7. The van der Waals surface area contributed by atoms with E-state index in [0.29, 0.717) is 17.9 Å². The summed E-state index contributed by atoms with van der Waals surface area (Å²) >= 11 is 6.05. The van der Waals surface area contributed by atoms with Gasteiger partial charge in [0.25, 0.3) is 15.7 Å². The van der Waals surface area contributed by atoms with Crippen molar-refractivity contribution < 1.29 is 18.1 Å².